The Bertz CT molecular complexity index is 471. The highest BCUT2D eigenvalue weighted by molar-refractivity contribution is 5.73. The van der Waals surface area contributed by atoms with E-state index in [4.69, 9.17) is 0 Å². The topological polar surface area (TPSA) is 4.93 Å². The van der Waals surface area contributed by atoms with Crippen LogP contribution in [-0.2, 0) is 6.42 Å². The molecule has 1 aromatic heterocycles. The number of halogens is 1. The van der Waals surface area contributed by atoms with Crippen LogP contribution in [0.25, 0.3) is 11.3 Å². The van der Waals surface area contributed by atoms with Crippen LogP contribution in [0.15, 0.2) is 36.5 Å². The highest BCUT2D eigenvalue weighted by Crippen LogP contribution is 2.36. The number of hydrogen-bond acceptors (Lipinski definition) is 0. The zero-order valence-electron chi connectivity index (χ0n) is 7.00. The summed E-state index contributed by atoms with van der Waals surface area (Å²) >= 11 is 0. The van der Waals surface area contributed by atoms with Gasteiger partial charge in [0, 0.05) is 18.2 Å². The Morgan fingerprint density at radius 3 is 2.85 bits per heavy atom. The average Bonchev–Trinajstić information content (AvgIpc) is 2.66. The number of nitrogens with zero attached hydrogens (tertiary/aromatic N) is 1. The van der Waals surface area contributed by atoms with Gasteiger partial charge in [-0.3, -0.25) is 0 Å². The van der Waals surface area contributed by atoms with Gasteiger partial charge in [0.1, 0.15) is 0 Å². The molecule has 0 saturated heterocycles. The first kappa shape index (κ1) is 6.89. The molecule has 0 aliphatic heterocycles. The Kier molecular flexibility index (Phi) is 1.18. The van der Waals surface area contributed by atoms with Crippen molar-refractivity contribution in [3.8, 4) is 11.3 Å². The minimum atomic E-state index is 0.709. The largest absolute Gasteiger partial charge is 0.186 e. The minimum Gasteiger partial charge on any atom is -0.186 e. The van der Waals surface area contributed by atoms with E-state index in [1.165, 1.54) is 11.8 Å². The second-order valence-electron chi connectivity index (χ2n) is 3.33. The third-order valence-corrected chi connectivity index (χ3v) is 2.58. The summed E-state index contributed by atoms with van der Waals surface area (Å²) in [6.45, 7) is 0. The second-order valence-corrected chi connectivity index (χ2v) is 3.33. The summed E-state index contributed by atoms with van der Waals surface area (Å²) in [6, 6.07) is 9.80. The lowest BCUT2D eigenvalue weighted by molar-refractivity contribution is 0.377. The lowest BCUT2D eigenvalue weighted by Gasteiger charge is -1.98. The smallest absolute Gasteiger partial charge is 0.0850 e. The highest BCUT2D eigenvalue weighted by Gasteiger charge is 2.21. The first-order chi connectivity index (χ1) is 6.36. The molecule has 2 aromatic rings. The maximum atomic E-state index is 13.2. The first-order valence-corrected chi connectivity index (χ1v) is 4.31. The van der Waals surface area contributed by atoms with Crippen LogP contribution in [0.5, 0.6) is 0 Å². The van der Waals surface area contributed by atoms with E-state index in [1.54, 1.807) is 0 Å². The average molecular weight is 173 g/mol. The predicted octanol–water partition coefficient (Wildman–Crippen LogP) is 2.79. The molecule has 0 fully saturated rings. The lowest BCUT2D eigenvalue weighted by Crippen LogP contribution is -1.83. The van der Waals surface area contributed by atoms with Crippen LogP contribution in [0.3, 0.4) is 0 Å². The molecule has 1 aromatic carbocycles. The fraction of sp³-hybridized carbons (Fsp3) is 0.0909. The maximum absolute atomic E-state index is 13.2. The minimum absolute atomic E-state index is 0.709. The van der Waals surface area contributed by atoms with Crippen molar-refractivity contribution in [2.24, 2.45) is 0 Å². The van der Waals surface area contributed by atoms with Gasteiger partial charge in [-0.25, -0.2) is 0 Å². The van der Waals surface area contributed by atoms with Crippen LogP contribution in [-0.4, -0.2) is 4.79 Å². The normalized spacial score (nSPS) is 12.7. The first-order valence-electron chi connectivity index (χ1n) is 4.31. The summed E-state index contributed by atoms with van der Waals surface area (Å²) in [5.74, 6) is 0. The van der Waals surface area contributed by atoms with Crippen molar-refractivity contribution in [1.82, 2.24) is 4.79 Å². The molecule has 0 saturated carbocycles. The van der Waals surface area contributed by atoms with Gasteiger partial charge in [0.15, 0.2) is 0 Å². The van der Waals surface area contributed by atoms with E-state index >= 15 is 0 Å². The summed E-state index contributed by atoms with van der Waals surface area (Å²) < 4.78 is 13.2. The van der Waals surface area contributed by atoms with Gasteiger partial charge in [-0.2, -0.15) is 4.79 Å². The van der Waals surface area contributed by atoms with Crippen LogP contribution >= 0.6 is 0 Å². The van der Waals surface area contributed by atoms with Gasteiger partial charge in [0.25, 0.3) is 0 Å². The summed E-state index contributed by atoms with van der Waals surface area (Å²) in [6.07, 6.45) is 2.34. The van der Waals surface area contributed by atoms with E-state index in [2.05, 4.69) is 6.07 Å². The van der Waals surface area contributed by atoms with Gasteiger partial charge in [-0.1, -0.05) is 28.7 Å². The predicted molar refractivity (Wildman–Crippen MR) is 49.2 cm³/mol. The van der Waals surface area contributed by atoms with E-state index in [1.807, 2.05) is 24.3 Å². The van der Waals surface area contributed by atoms with Crippen LogP contribution < -0.4 is 0 Å². The Morgan fingerprint density at radius 2 is 1.92 bits per heavy atom. The molecular weight excluding hydrogens is 165 g/mol. The van der Waals surface area contributed by atoms with E-state index in [9.17, 15) is 4.48 Å². The molecule has 3 rings (SSSR count). The standard InChI is InChI=1S/C11H8FN/c12-13-6-5-9-7-8-3-1-2-4-10(8)11(9)13/h1-6H,7H2. The molecule has 0 amide bonds. The van der Waals surface area contributed by atoms with Crippen molar-refractivity contribution in [3.63, 3.8) is 0 Å². The molecular formula is C11H8FN. The van der Waals surface area contributed by atoms with Gasteiger partial charge in [0.2, 0.25) is 0 Å². The Labute approximate surface area is 75.4 Å². The fourth-order valence-corrected chi connectivity index (χ4v) is 1.99. The van der Waals surface area contributed by atoms with E-state index in [0.29, 0.717) is 4.79 Å². The number of hydrogen-bond donors (Lipinski definition) is 0. The molecule has 1 heterocycles. The molecule has 0 N–H and O–H groups in total. The molecule has 0 atom stereocenters. The van der Waals surface area contributed by atoms with Crippen LogP contribution in [0, 0.1) is 0 Å². The third kappa shape index (κ3) is 0.800. The zero-order valence-corrected chi connectivity index (χ0v) is 7.00. The highest BCUT2D eigenvalue weighted by atomic mass is 19.2. The molecule has 64 valence electrons. The molecule has 1 aliphatic carbocycles. The van der Waals surface area contributed by atoms with Crippen molar-refractivity contribution < 1.29 is 4.48 Å². The summed E-state index contributed by atoms with van der Waals surface area (Å²) in [4.78, 5) is 0.709. The van der Waals surface area contributed by atoms with E-state index in [-0.39, 0.29) is 0 Å². The summed E-state index contributed by atoms with van der Waals surface area (Å²) in [7, 11) is 0. The van der Waals surface area contributed by atoms with Crippen LogP contribution in [0.4, 0.5) is 4.48 Å². The number of aromatic nitrogens is 1. The lowest BCUT2D eigenvalue weighted by atomic mass is 10.1. The summed E-state index contributed by atoms with van der Waals surface area (Å²) in [5.41, 5.74) is 4.07. The van der Waals surface area contributed by atoms with Gasteiger partial charge in [-0.05, 0) is 17.2 Å². The maximum Gasteiger partial charge on any atom is 0.0850 e. The molecule has 0 spiro atoms. The molecule has 0 bridgehead atoms. The number of benzene rings is 1. The molecule has 0 unspecified atom stereocenters. The van der Waals surface area contributed by atoms with E-state index in [0.717, 1.165) is 23.2 Å². The molecule has 13 heavy (non-hydrogen) atoms. The fourth-order valence-electron chi connectivity index (χ4n) is 1.99. The third-order valence-electron chi connectivity index (χ3n) is 2.58. The molecule has 1 nitrogen and oxygen atoms in total. The monoisotopic (exact) mass is 173 g/mol. The molecule has 0 radical (unpaired) electrons. The van der Waals surface area contributed by atoms with Crippen molar-refractivity contribution in [3.05, 3.63) is 47.7 Å². The van der Waals surface area contributed by atoms with Crippen molar-refractivity contribution in [2.45, 2.75) is 6.42 Å². The molecule has 2 heteroatoms. The second kappa shape index (κ2) is 2.22. The number of rotatable bonds is 0. The quantitative estimate of drug-likeness (QED) is 0.492. The van der Waals surface area contributed by atoms with Gasteiger partial charge < -0.3 is 0 Å². The SMILES string of the molecule is Fn1ccc2c1-c1ccccc1C2. The Hall–Kier alpha value is -1.57. The van der Waals surface area contributed by atoms with Crippen molar-refractivity contribution in [2.75, 3.05) is 0 Å². The zero-order chi connectivity index (χ0) is 8.84. The van der Waals surface area contributed by atoms with Crippen molar-refractivity contribution in [1.29, 1.82) is 0 Å². The Balaban J connectivity index is 2.35. The number of fused-ring (bicyclic) bond motifs is 3. The van der Waals surface area contributed by atoms with Crippen LogP contribution in [0.1, 0.15) is 11.1 Å². The van der Waals surface area contributed by atoms with Crippen molar-refractivity contribution >= 4 is 0 Å². The van der Waals surface area contributed by atoms with Gasteiger partial charge in [0.05, 0.1) is 5.69 Å². The Morgan fingerprint density at radius 1 is 1.08 bits per heavy atom. The van der Waals surface area contributed by atoms with Crippen LogP contribution in [0.2, 0.25) is 0 Å². The van der Waals surface area contributed by atoms with E-state index < -0.39 is 0 Å². The summed E-state index contributed by atoms with van der Waals surface area (Å²) in [5, 5.41) is 0. The van der Waals surface area contributed by atoms with Gasteiger partial charge >= 0.3 is 0 Å². The van der Waals surface area contributed by atoms with Gasteiger partial charge in [-0.15, -0.1) is 0 Å². The molecule has 1 aliphatic rings.